The van der Waals surface area contributed by atoms with Crippen molar-refractivity contribution in [2.45, 2.75) is 31.3 Å². The lowest BCUT2D eigenvalue weighted by Gasteiger charge is -2.23. The molecule has 0 radical (unpaired) electrons. The predicted molar refractivity (Wildman–Crippen MR) is 69.6 cm³/mol. The van der Waals surface area contributed by atoms with Crippen LogP contribution in [0.3, 0.4) is 0 Å². The van der Waals surface area contributed by atoms with E-state index in [-0.39, 0.29) is 0 Å². The summed E-state index contributed by atoms with van der Waals surface area (Å²) in [6.07, 6.45) is 3.79. The zero-order chi connectivity index (χ0) is 13.0. The van der Waals surface area contributed by atoms with Crippen molar-refractivity contribution in [2.75, 3.05) is 19.0 Å². The van der Waals surface area contributed by atoms with Crippen molar-refractivity contribution in [3.8, 4) is 11.8 Å². The van der Waals surface area contributed by atoms with Gasteiger partial charge in [-0.2, -0.15) is 5.26 Å². The first-order valence-corrected chi connectivity index (χ1v) is 6.21. The van der Waals surface area contributed by atoms with Crippen LogP contribution in [0.25, 0.3) is 0 Å². The molecule has 4 nitrogen and oxygen atoms in total. The Morgan fingerprint density at radius 1 is 1.44 bits per heavy atom. The molecule has 0 unspecified atom stereocenters. The highest BCUT2D eigenvalue weighted by Crippen LogP contribution is 2.30. The van der Waals surface area contributed by atoms with E-state index >= 15 is 0 Å². The molecule has 0 atom stereocenters. The van der Waals surface area contributed by atoms with E-state index in [4.69, 9.17) is 10.00 Å². The number of methoxy groups -OCH3 is 1. The number of aliphatic hydroxyl groups is 1. The van der Waals surface area contributed by atoms with Crippen LogP contribution in [0.5, 0.6) is 5.75 Å². The molecule has 2 rings (SSSR count). The van der Waals surface area contributed by atoms with Gasteiger partial charge in [0.15, 0.2) is 0 Å². The second kappa shape index (κ2) is 5.28. The van der Waals surface area contributed by atoms with Crippen LogP contribution in [0.1, 0.15) is 31.2 Å². The summed E-state index contributed by atoms with van der Waals surface area (Å²) in [5.74, 6) is 0.704. The van der Waals surface area contributed by atoms with Gasteiger partial charge in [0.1, 0.15) is 11.8 Å². The number of nitrogens with one attached hydrogen (secondary N) is 1. The fraction of sp³-hybridized carbons (Fsp3) is 0.500. The summed E-state index contributed by atoms with van der Waals surface area (Å²) in [4.78, 5) is 0. The van der Waals surface area contributed by atoms with Crippen molar-refractivity contribution < 1.29 is 9.84 Å². The summed E-state index contributed by atoms with van der Waals surface area (Å²) in [5, 5.41) is 22.5. The Bertz CT molecular complexity index is 459. The van der Waals surface area contributed by atoms with Crippen molar-refractivity contribution >= 4 is 5.69 Å². The lowest BCUT2D eigenvalue weighted by molar-refractivity contribution is 0.0614. The average Bonchev–Trinajstić information content (AvgIpc) is 2.83. The molecular weight excluding hydrogens is 228 g/mol. The molecule has 18 heavy (non-hydrogen) atoms. The normalized spacial score (nSPS) is 17.2. The summed E-state index contributed by atoms with van der Waals surface area (Å²) >= 11 is 0. The van der Waals surface area contributed by atoms with E-state index in [2.05, 4.69) is 11.4 Å². The lowest BCUT2D eigenvalue weighted by Crippen LogP contribution is -2.33. The van der Waals surface area contributed by atoms with E-state index in [0.717, 1.165) is 31.4 Å². The van der Waals surface area contributed by atoms with Gasteiger partial charge in [-0.1, -0.05) is 12.8 Å². The molecule has 0 amide bonds. The van der Waals surface area contributed by atoms with Gasteiger partial charge in [-0.05, 0) is 25.0 Å². The second-order valence-electron chi connectivity index (χ2n) is 4.81. The molecule has 1 aliphatic rings. The number of benzene rings is 1. The molecule has 1 aromatic rings. The SMILES string of the molecule is COc1ccc(C#N)c(NCC2(O)CCCC2)c1. The summed E-state index contributed by atoms with van der Waals surface area (Å²) in [5.41, 5.74) is 0.657. The molecule has 1 aromatic carbocycles. The van der Waals surface area contributed by atoms with E-state index < -0.39 is 5.60 Å². The molecule has 0 bridgehead atoms. The van der Waals surface area contributed by atoms with Gasteiger partial charge in [0.2, 0.25) is 0 Å². The lowest BCUT2D eigenvalue weighted by atomic mass is 10.0. The van der Waals surface area contributed by atoms with E-state index in [1.54, 1.807) is 25.3 Å². The van der Waals surface area contributed by atoms with Crippen LogP contribution < -0.4 is 10.1 Å². The first kappa shape index (κ1) is 12.7. The first-order valence-electron chi connectivity index (χ1n) is 6.21. The quantitative estimate of drug-likeness (QED) is 0.855. The zero-order valence-electron chi connectivity index (χ0n) is 10.6. The largest absolute Gasteiger partial charge is 0.497 e. The van der Waals surface area contributed by atoms with Crippen molar-refractivity contribution in [1.29, 1.82) is 5.26 Å². The standard InChI is InChI=1S/C14H18N2O2/c1-18-12-5-4-11(9-15)13(8-12)16-10-14(17)6-2-3-7-14/h4-5,8,16-17H,2-3,6-7,10H2,1H3. The Labute approximate surface area is 107 Å². The van der Waals surface area contributed by atoms with Crippen molar-refractivity contribution in [3.05, 3.63) is 23.8 Å². The van der Waals surface area contributed by atoms with Gasteiger partial charge in [-0.3, -0.25) is 0 Å². The number of anilines is 1. The molecule has 0 saturated heterocycles. The maximum Gasteiger partial charge on any atom is 0.121 e. The molecule has 1 fully saturated rings. The first-order chi connectivity index (χ1) is 8.67. The molecule has 96 valence electrons. The minimum absolute atomic E-state index is 0.481. The zero-order valence-corrected chi connectivity index (χ0v) is 10.6. The van der Waals surface area contributed by atoms with Crippen LogP contribution in [0, 0.1) is 11.3 Å². The molecular formula is C14H18N2O2. The number of nitrogens with zero attached hydrogens (tertiary/aromatic N) is 1. The fourth-order valence-corrected chi connectivity index (χ4v) is 2.36. The number of hydrogen-bond acceptors (Lipinski definition) is 4. The van der Waals surface area contributed by atoms with Crippen molar-refractivity contribution in [3.63, 3.8) is 0 Å². The number of rotatable bonds is 4. The highest BCUT2D eigenvalue weighted by molar-refractivity contribution is 5.60. The molecule has 0 spiro atoms. The Hall–Kier alpha value is -1.73. The highest BCUT2D eigenvalue weighted by Gasteiger charge is 2.30. The van der Waals surface area contributed by atoms with Gasteiger partial charge in [0.25, 0.3) is 0 Å². The Morgan fingerprint density at radius 2 is 2.17 bits per heavy atom. The smallest absolute Gasteiger partial charge is 0.121 e. The second-order valence-corrected chi connectivity index (χ2v) is 4.81. The Morgan fingerprint density at radius 3 is 2.78 bits per heavy atom. The number of nitriles is 1. The summed E-state index contributed by atoms with van der Waals surface area (Å²) in [7, 11) is 1.59. The predicted octanol–water partition coefficient (Wildman–Crippen LogP) is 2.28. The molecule has 2 N–H and O–H groups in total. The third-order valence-electron chi connectivity index (χ3n) is 3.49. The van der Waals surface area contributed by atoms with E-state index in [1.165, 1.54) is 0 Å². The Kier molecular flexibility index (Phi) is 3.73. The van der Waals surface area contributed by atoms with Crippen LogP contribution >= 0.6 is 0 Å². The van der Waals surface area contributed by atoms with E-state index in [9.17, 15) is 5.11 Å². The third kappa shape index (κ3) is 2.74. The minimum Gasteiger partial charge on any atom is -0.497 e. The third-order valence-corrected chi connectivity index (χ3v) is 3.49. The van der Waals surface area contributed by atoms with Gasteiger partial charge < -0.3 is 15.2 Å². The van der Waals surface area contributed by atoms with E-state index in [0.29, 0.717) is 17.9 Å². The number of hydrogen-bond donors (Lipinski definition) is 2. The topological polar surface area (TPSA) is 65.3 Å². The molecule has 0 aliphatic heterocycles. The van der Waals surface area contributed by atoms with Crippen LogP contribution in [0.4, 0.5) is 5.69 Å². The van der Waals surface area contributed by atoms with Gasteiger partial charge in [-0.25, -0.2) is 0 Å². The highest BCUT2D eigenvalue weighted by atomic mass is 16.5. The van der Waals surface area contributed by atoms with Crippen LogP contribution in [-0.2, 0) is 0 Å². The van der Waals surface area contributed by atoms with Crippen LogP contribution in [0.15, 0.2) is 18.2 Å². The van der Waals surface area contributed by atoms with Gasteiger partial charge >= 0.3 is 0 Å². The monoisotopic (exact) mass is 246 g/mol. The summed E-state index contributed by atoms with van der Waals surface area (Å²) in [6.45, 7) is 0.481. The fourth-order valence-electron chi connectivity index (χ4n) is 2.36. The Balaban J connectivity index is 2.10. The number of ether oxygens (including phenoxy) is 1. The summed E-state index contributed by atoms with van der Waals surface area (Å²) in [6, 6.07) is 7.40. The van der Waals surface area contributed by atoms with Crippen molar-refractivity contribution in [2.24, 2.45) is 0 Å². The van der Waals surface area contributed by atoms with E-state index in [1.807, 2.05) is 0 Å². The van der Waals surface area contributed by atoms with Crippen molar-refractivity contribution in [1.82, 2.24) is 0 Å². The molecule has 1 aliphatic carbocycles. The maximum atomic E-state index is 10.3. The minimum atomic E-state index is -0.629. The van der Waals surface area contributed by atoms with Gasteiger partial charge in [-0.15, -0.1) is 0 Å². The van der Waals surface area contributed by atoms with Crippen LogP contribution in [0.2, 0.25) is 0 Å². The average molecular weight is 246 g/mol. The van der Waals surface area contributed by atoms with Gasteiger partial charge in [0.05, 0.1) is 24.0 Å². The summed E-state index contributed by atoms with van der Waals surface area (Å²) < 4.78 is 5.14. The van der Waals surface area contributed by atoms with Gasteiger partial charge in [0, 0.05) is 12.6 Å². The maximum absolute atomic E-state index is 10.3. The molecule has 4 heteroatoms. The molecule has 0 heterocycles. The van der Waals surface area contributed by atoms with Crippen LogP contribution in [-0.4, -0.2) is 24.4 Å². The molecule has 0 aromatic heterocycles. The molecule has 1 saturated carbocycles.